The molecule has 6 heteroatoms. The van der Waals surface area contributed by atoms with Crippen LogP contribution in [0.2, 0.25) is 0 Å². The van der Waals surface area contributed by atoms with Crippen molar-refractivity contribution in [3.63, 3.8) is 0 Å². The maximum Gasteiger partial charge on any atom is 0.264 e. The predicted molar refractivity (Wildman–Crippen MR) is 85.9 cm³/mol. The summed E-state index contributed by atoms with van der Waals surface area (Å²) in [5.74, 6) is -0.324. The molecule has 1 aromatic heterocycles. The highest BCUT2D eigenvalue weighted by Crippen LogP contribution is 2.34. The van der Waals surface area contributed by atoms with Crippen molar-refractivity contribution in [2.75, 3.05) is 26.7 Å². The van der Waals surface area contributed by atoms with Gasteiger partial charge in [0.1, 0.15) is 5.82 Å². The summed E-state index contributed by atoms with van der Waals surface area (Å²) in [5, 5.41) is 3.79. The van der Waals surface area contributed by atoms with Gasteiger partial charge in [-0.1, -0.05) is 6.07 Å². The summed E-state index contributed by atoms with van der Waals surface area (Å²) in [6.07, 6.45) is 0. The Balaban J connectivity index is 2.07. The van der Waals surface area contributed by atoms with E-state index >= 15 is 0 Å². The highest BCUT2D eigenvalue weighted by Gasteiger charge is 2.28. The number of rotatable bonds is 3. The molecule has 1 unspecified atom stereocenters. The number of piperazine rings is 1. The van der Waals surface area contributed by atoms with Crippen LogP contribution in [0.5, 0.6) is 0 Å². The fraction of sp³-hybridized carbons (Fsp3) is 0.438. The number of hydrogen-bond acceptors (Lipinski definition) is 4. The lowest BCUT2D eigenvalue weighted by molar-refractivity contribution is 0.0657. The molecule has 118 valence electrons. The molecule has 1 N–H and O–H groups in total. The van der Waals surface area contributed by atoms with Gasteiger partial charge in [0.25, 0.3) is 5.91 Å². The number of carbonyl (C=O) groups excluding carboxylic acids is 1. The molecule has 1 fully saturated rings. The monoisotopic (exact) mass is 322 g/mol. The standard InChI is InChI=1S/C16H19FN2O2S/c1-10-8-18-6-7-19(10)16(20)15-11(9-21-2)14-12(17)4-3-5-13(14)22-15/h3-5,10,18H,6-9H2,1-2H3. The molecule has 2 aromatic rings. The van der Waals surface area contributed by atoms with Crippen molar-refractivity contribution < 1.29 is 13.9 Å². The molecule has 0 bridgehead atoms. The lowest BCUT2D eigenvalue weighted by atomic mass is 10.1. The van der Waals surface area contributed by atoms with Crippen LogP contribution in [0.15, 0.2) is 18.2 Å². The minimum atomic E-state index is -0.298. The van der Waals surface area contributed by atoms with E-state index in [4.69, 9.17) is 4.74 Å². The van der Waals surface area contributed by atoms with Crippen LogP contribution in [-0.4, -0.2) is 43.6 Å². The number of methoxy groups -OCH3 is 1. The molecule has 1 atom stereocenters. The summed E-state index contributed by atoms with van der Waals surface area (Å²) in [6, 6.07) is 5.08. The third-order valence-corrected chi connectivity index (χ3v) is 5.19. The smallest absolute Gasteiger partial charge is 0.264 e. The Kier molecular flexibility index (Phi) is 4.42. The second kappa shape index (κ2) is 6.32. The zero-order valence-electron chi connectivity index (χ0n) is 12.7. The molecule has 1 aliphatic heterocycles. The van der Waals surface area contributed by atoms with Crippen molar-refractivity contribution in [2.24, 2.45) is 0 Å². The first kappa shape index (κ1) is 15.4. The number of carbonyl (C=O) groups is 1. The number of ether oxygens (including phenoxy) is 1. The maximum atomic E-state index is 14.2. The van der Waals surface area contributed by atoms with Crippen molar-refractivity contribution >= 4 is 27.3 Å². The van der Waals surface area contributed by atoms with Gasteiger partial charge in [-0.05, 0) is 19.1 Å². The van der Waals surface area contributed by atoms with Crippen LogP contribution in [-0.2, 0) is 11.3 Å². The Bertz CT molecular complexity index is 701. The Morgan fingerprint density at radius 2 is 2.36 bits per heavy atom. The highest BCUT2D eigenvalue weighted by atomic mass is 32.1. The number of amides is 1. The third kappa shape index (κ3) is 2.62. The molecule has 3 rings (SSSR count). The number of fused-ring (bicyclic) bond motifs is 1. The van der Waals surface area contributed by atoms with Gasteiger partial charge in [0.15, 0.2) is 0 Å². The summed E-state index contributed by atoms with van der Waals surface area (Å²) in [6.45, 7) is 4.50. The van der Waals surface area contributed by atoms with Gasteiger partial charge in [0.2, 0.25) is 0 Å². The largest absolute Gasteiger partial charge is 0.380 e. The Morgan fingerprint density at radius 1 is 1.55 bits per heavy atom. The fourth-order valence-corrected chi connectivity index (χ4v) is 4.07. The first-order valence-corrected chi connectivity index (χ1v) is 8.15. The molecule has 1 aromatic carbocycles. The van der Waals surface area contributed by atoms with Crippen molar-refractivity contribution in [2.45, 2.75) is 19.6 Å². The summed E-state index contributed by atoms with van der Waals surface area (Å²) >= 11 is 1.35. The molecule has 4 nitrogen and oxygen atoms in total. The summed E-state index contributed by atoms with van der Waals surface area (Å²) < 4.78 is 20.2. The van der Waals surface area contributed by atoms with Gasteiger partial charge in [0, 0.05) is 48.4 Å². The molecule has 1 amide bonds. The van der Waals surface area contributed by atoms with Crippen LogP contribution < -0.4 is 5.32 Å². The van der Waals surface area contributed by atoms with Gasteiger partial charge >= 0.3 is 0 Å². The van der Waals surface area contributed by atoms with Crippen LogP contribution in [0.4, 0.5) is 4.39 Å². The van der Waals surface area contributed by atoms with E-state index in [0.29, 0.717) is 22.4 Å². The van der Waals surface area contributed by atoms with Crippen LogP contribution in [0, 0.1) is 5.82 Å². The zero-order chi connectivity index (χ0) is 15.7. The van der Waals surface area contributed by atoms with Crippen LogP contribution in [0.25, 0.3) is 10.1 Å². The van der Waals surface area contributed by atoms with Crippen LogP contribution >= 0.6 is 11.3 Å². The average Bonchev–Trinajstić information content (AvgIpc) is 2.88. The molecule has 0 spiro atoms. The van der Waals surface area contributed by atoms with E-state index in [1.165, 1.54) is 17.4 Å². The molecule has 22 heavy (non-hydrogen) atoms. The number of thiophene rings is 1. The van der Waals surface area contributed by atoms with Crippen LogP contribution in [0.3, 0.4) is 0 Å². The van der Waals surface area contributed by atoms with Crippen molar-refractivity contribution in [3.05, 3.63) is 34.5 Å². The minimum Gasteiger partial charge on any atom is -0.380 e. The Labute approximate surface area is 132 Å². The predicted octanol–water partition coefficient (Wildman–Crippen LogP) is 2.62. The van der Waals surface area contributed by atoms with E-state index in [2.05, 4.69) is 5.32 Å². The van der Waals surface area contributed by atoms with Gasteiger partial charge in [-0.3, -0.25) is 4.79 Å². The Hall–Kier alpha value is -1.50. The average molecular weight is 322 g/mol. The quantitative estimate of drug-likeness (QED) is 0.944. The first-order chi connectivity index (χ1) is 10.6. The second-order valence-corrected chi connectivity index (χ2v) is 6.56. The van der Waals surface area contributed by atoms with Crippen molar-refractivity contribution in [1.29, 1.82) is 0 Å². The highest BCUT2D eigenvalue weighted by molar-refractivity contribution is 7.21. The van der Waals surface area contributed by atoms with E-state index < -0.39 is 0 Å². The molecule has 1 saturated heterocycles. The zero-order valence-corrected chi connectivity index (χ0v) is 13.5. The molecular weight excluding hydrogens is 303 g/mol. The molecule has 0 saturated carbocycles. The van der Waals surface area contributed by atoms with E-state index in [1.54, 1.807) is 13.2 Å². The third-order valence-electron chi connectivity index (χ3n) is 4.01. The Morgan fingerprint density at radius 3 is 3.09 bits per heavy atom. The molecule has 1 aliphatic rings. The SMILES string of the molecule is COCc1c(C(=O)N2CCNCC2C)sc2cccc(F)c12. The molecule has 0 radical (unpaired) electrons. The topological polar surface area (TPSA) is 41.6 Å². The first-order valence-electron chi connectivity index (χ1n) is 7.34. The molecule has 0 aliphatic carbocycles. The van der Waals surface area contributed by atoms with Crippen molar-refractivity contribution in [3.8, 4) is 0 Å². The number of nitrogens with one attached hydrogen (secondary N) is 1. The number of benzene rings is 1. The number of halogens is 1. The molecule has 2 heterocycles. The second-order valence-electron chi connectivity index (χ2n) is 5.51. The van der Waals surface area contributed by atoms with Gasteiger partial charge in [0.05, 0.1) is 11.5 Å². The summed E-state index contributed by atoms with van der Waals surface area (Å²) in [4.78, 5) is 15.4. The van der Waals surface area contributed by atoms with Crippen LogP contribution in [0.1, 0.15) is 22.2 Å². The minimum absolute atomic E-state index is 0.0262. The lowest BCUT2D eigenvalue weighted by Gasteiger charge is -2.33. The summed E-state index contributed by atoms with van der Waals surface area (Å²) in [5.41, 5.74) is 0.663. The van der Waals surface area contributed by atoms with Gasteiger partial charge in [-0.25, -0.2) is 4.39 Å². The van der Waals surface area contributed by atoms with E-state index in [9.17, 15) is 9.18 Å². The maximum absolute atomic E-state index is 14.2. The summed E-state index contributed by atoms with van der Waals surface area (Å²) in [7, 11) is 1.56. The van der Waals surface area contributed by atoms with E-state index in [1.807, 2.05) is 17.9 Å². The van der Waals surface area contributed by atoms with Gasteiger partial charge in [-0.15, -0.1) is 11.3 Å². The lowest BCUT2D eigenvalue weighted by Crippen LogP contribution is -2.52. The van der Waals surface area contributed by atoms with Gasteiger partial charge < -0.3 is 15.0 Å². The normalized spacial score (nSPS) is 18.9. The van der Waals surface area contributed by atoms with Crippen molar-refractivity contribution in [1.82, 2.24) is 10.2 Å². The molecular formula is C16H19FN2O2S. The van der Waals surface area contributed by atoms with E-state index in [-0.39, 0.29) is 24.4 Å². The number of hydrogen-bond donors (Lipinski definition) is 1. The fourth-order valence-electron chi connectivity index (χ4n) is 2.90. The van der Waals surface area contributed by atoms with E-state index in [0.717, 1.165) is 17.8 Å². The van der Waals surface area contributed by atoms with Gasteiger partial charge in [-0.2, -0.15) is 0 Å². The number of nitrogens with zero attached hydrogens (tertiary/aromatic N) is 1.